The number of hydrogen-bond acceptors (Lipinski definition) is 28. The zero-order valence-electron chi connectivity index (χ0n) is 73.4. The van der Waals surface area contributed by atoms with Crippen LogP contribution >= 0.6 is 0 Å². The van der Waals surface area contributed by atoms with Gasteiger partial charge in [-0.05, 0) is 179 Å². The van der Waals surface area contributed by atoms with Crippen LogP contribution in [-0.4, -0.2) is 238 Å². The Labute approximate surface area is 728 Å². The molecule has 9 N–H and O–H groups in total. The molecule has 0 aliphatic carbocycles. The summed E-state index contributed by atoms with van der Waals surface area (Å²) in [7, 11) is 0. The lowest BCUT2D eigenvalue weighted by Crippen LogP contribution is -2.61. The lowest BCUT2D eigenvalue weighted by atomic mass is 9.98. The first-order valence-electron chi connectivity index (χ1n) is 41.5. The Bertz CT molecular complexity index is 5090. The number of amides is 7. The summed E-state index contributed by atoms with van der Waals surface area (Å²) in [5.41, 5.74) is 3.52. The van der Waals surface area contributed by atoms with Crippen molar-refractivity contribution in [3.05, 3.63) is 174 Å². The van der Waals surface area contributed by atoms with E-state index in [0.717, 1.165) is 22.9 Å². The van der Waals surface area contributed by atoms with E-state index in [-0.39, 0.29) is 85.3 Å². The molecule has 4 aromatic carbocycles. The number of benzene rings is 4. The lowest BCUT2D eigenvalue weighted by molar-refractivity contribution is -0.385. The molecule has 5 aliphatic rings. The number of nitro benzene ring substituents is 2. The van der Waals surface area contributed by atoms with Crippen molar-refractivity contribution < 1.29 is 106 Å². The molecule has 38 heteroatoms. The average Bonchev–Trinajstić information content (AvgIpc) is 0.990. The fourth-order valence-electron chi connectivity index (χ4n) is 14.2. The van der Waals surface area contributed by atoms with Gasteiger partial charge in [-0.1, -0.05) is 101 Å². The summed E-state index contributed by atoms with van der Waals surface area (Å²) in [6.45, 7) is 27.8. The Kier molecular flexibility index (Phi) is 32.2. The fourth-order valence-corrected chi connectivity index (χ4v) is 14.2. The van der Waals surface area contributed by atoms with Crippen molar-refractivity contribution in [3.63, 3.8) is 0 Å². The van der Waals surface area contributed by atoms with Crippen LogP contribution in [0.3, 0.4) is 0 Å². The second-order valence-electron chi connectivity index (χ2n) is 34.2. The standard InChI is InChI=1S/C36H52N6O9.C36H48N6O8.C16H12N2O7/c1-21(2)29(43)31(45)38-23(4)32(46)42-16-8-9-27(40-42)30(44)37-22(3)26-13-12-25-11-10-24(19-28(25)39-26)14-15-36(33(47)48)20-41(17-18-50-36)34(49)51-35(5,6)7;1-21(2)29-31(44)38-23(4)32(45)42-16-8-9-27(40-42)30(43)37-22(3)26-13-12-25-11-10-24(19-28(25)39-26)14-15-36(33(46)49-29)20-41(17-18-48-36)34(47)50-35(5,6)7;1-9-5-3-7-11(17(21)22)13(9)15(19)25-16(20)14-10(2)6-4-8-12(14)18(23)24/h10-15,19,21-23,27,29,31,38,40,43,45H,8-9,16-18,20H2,1-7H3,(H,37,44)(H,47,48);10-15,19,21-23,27,29,40H,8-9,16-18,20H2,1-7H3,(H,37,43)(H,38,44);3-8H,1-2H3/b2*15-14+;/t22-,23+,27+,29+,31?,36?;22-,23+,27+,29+,36?;/m11./s1. The van der Waals surface area contributed by atoms with E-state index in [1.165, 1.54) is 77.0 Å². The molecular formula is C88H112N14O24. The number of aryl methyl sites for hydroxylation is 2. The molecule has 7 heterocycles. The molecule has 7 amide bonds. The van der Waals surface area contributed by atoms with Gasteiger partial charge in [0.2, 0.25) is 23.0 Å². The minimum Gasteiger partial charge on any atom is -0.479 e. The molecule has 11 atom stereocenters. The summed E-state index contributed by atoms with van der Waals surface area (Å²) < 4.78 is 33.4. The van der Waals surface area contributed by atoms with Gasteiger partial charge in [0.25, 0.3) is 29.1 Å². The fraction of sp³-hybridized carbons (Fsp3) is 0.489. The molecule has 4 saturated heterocycles. The van der Waals surface area contributed by atoms with E-state index in [9.17, 15) is 88.3 Å². The second kappa shape index (κ2) is 41.6. The number of aliphatic carboxylic acids is 1. The van der Waals surface area contributed by atoms with Gasteiger partial charge in [0.1, 0.15) is 46.7 Å². The molecule has 2 aromatic heterocycles. The summed E-state index contributed by atoms with van der Waals surface area (Å²) >= 11 is 0. The molecule has 678 valence electrons. The molecule has 1 spiro atoms. The Balaban J connectivity index is 0.000000226. The average molecular weight is 1750 g/mol. The first-order chi connectivity index (χ1) is 59.2. The van der Waals surface area contributed by atoms with Crippen molar-refractivity contribution in [2.24, 2.45) is 11.8 Å². The molecule has 5 bridgehead atoms. The lowest BCUT2D eigenvalue weighted by Gasteiger charge is -2.40. The first kappa shape index (κ1) is 97.5. The van der Waals surface area contributed by atoms with Crippen molar-refractivity contribution in [3.8, 4) is 0 Å². The molecule has 0 saturated carbocycles. The van der Waals surface area contributed by atoms with Crippen molar-refractivity contribution in [1.29, 1.82) is 0 Å². The number of aromatic nitrogens is 2. The van der Waals surface area contributed by atoms with Crippen LogP contribution in [0.15, 0.2) is 109 Å². The van der Waals surface area contributed by atoms with Gasteiger partial charge in [0, 0.05) is 49.1 Å². The van der Waals surface area contributed by atoms with Crippen LogP contribution in [0.4, 0.5) is 21.0 Å². The SMILES string of the molecule is CC(C)[C@@H]1OC(=O)C2(/C=C/c3ccc4ccc(nc4c3)[C@@H](C)NC(=O)[C@@H]3CCCN(N3)C(=O)[C@H](C)NC1=O)CN(C(=O)OC(C)(C)C)CCO2.CC(C)[C@H](O)C(O)N[C@@H](C)C(=O)N1CCC[C@@H](C(=O)N[C@H](C)c2ccc3ccc(/C=C/C4(C(=O)O)CN(C(=O)OC(C)(C)C)CCO4)cc3n2)N1.Cc1cccc([N+](=O)[O-])c1C(=O)OC(=O)c1c(C)cccc1[N+](=O)[O-]. The van der Waals surface area contributed by atoms with Crippen LogP contribution in [0.1, 0.15) is 189 Å². The number of fused-ring (bicyclic) bond motifs is 5. The number of aliphatic hydroxyl groups excluding tert-OH is 2. The number of carboxylic acid groups (broad SMARTS) is 1. The van der Waals surface area contributed by atoms with E-state index in [4.69, 9.17) is 33.7 Å². The third-order valence-electron chi connectivity index (χ3n) is 21.1. The number of nitrogens with zero attached hydrogens (tertiary/aromatic N) is 8. The minimum atomic E-state index is -1.79. The number of esters is 3. The second-order valence-corrected chi connectivity index (χ2v) is 34.2. The number of nitrogens with one attached hydrogen (secondary N) is 6. The quantitative estimate of drug-likeness (QED) is 0.0109. The van der Waals surface area contributed by atoms with Gasteiger partial charge < -0.3 is 69.5 Å². The summed E-state index contributed by atoms with van der Waals surface area (Å²) in [5.74, 6) is -7.35. The van der Waals surface area contributed by atoms with Crippen molar-refractivity contribution >= 4 is 111 Å². The maximum absolute atomic E-state index is 14.2. The Morgan fingerprint density at radius 3 is 1.83 bits per heavy atom. The third kappa shape index (κ3) is 25.0. The number of aliphatic hydroxyl groups is 2. The number of carbonyl (C=O) groups is 11. The van der Waals surface area contributed by atoms with Gasteiger partial charge in [0.05, 0.1) is 82.8 Å². The van der Waals surface area contributed by atoms with Gasteiger partial charge in [-0.3, -0.25) is 69.5 Å². The van der Waals surface area contributed by atoms with Gasteiger partial charge in [-0.25, -0.2) is 39.6 Å². The maximum Gasteiger partial charge on any atom is 0.410 e. The summed E-state index contributed by atoms with van der Waals surface area (Å²) in [6.07, 6.45) is 3.62. The van der Waals surface area contributed by atoms with Crippen LogP contribution < -0.4 is 32.1 Å². The van der Waals surface area contributed by atoms with Gasteiger partial charge >= 0.3 is 36.1 Å². The third-order valence-corrected chi connectivity index (χ3v) is 21.1. The largest absolute Gasteiger partial charge is 0.479 e. The van der Waals surface area contributed by atoms with Crippen molar-refractivity contribution in [2.75, 3.05) is 52.5 Å². The van der Waals surface area contributed by atoms with Crippen LogP contribution in [0.2, 0.25) is 0 Å². The van der Waals surface area contributed by atoms with Gasteiger partial charge in [-0.15, -0.1) is 0 Å². The molecule has 5 aliphatic heterocycles. The molecule has 0 radical (unpaired) electrons. The summed E-state index contributed by atoms with van der Waals surface area (Å²) in [6, 6.07) is 22.3. The van der Waals surface area contributed by atoms with E-state index in [1.54, 1.807) is 94.4 Å². The van der Waals surface area contributed by atoms with Crippen LogP contribution in [-0.2, 0) is 62.0 Å². The van der Waals surface area contributed by atoms with E-state index < -0.39 is 152 Å². The van der Waals surface area contributed by atoms with Crippen molar-refractivity contribution in [1.82, 2.24) is 61.9 Å². The Hall–Kier alpha value is -12.3. The number of carboxylic acids is 1. The smallest absolute Gasteiger partial charge is 0.410 e. The minimum absolute atomic E-state index is 0.00116. The van der Waals surface area contributed by atoms with Crippen LogP contribution in [0.25, 0.3) is 34.0 Å². The Morgan fingerprint density at radius 2 is 1.24 bits per heavy atom. The number of ether oxygens (including phenoxy) is 6. The number of cyclic esters (lactones) is 1. The highest BCUT2D eigenvalue weighted by Gasteiger charge is 2.49. The molecular weight excluding hydrogens is 1640 g/mol. The number of carbonyl (C=O) groups excluding carboxylic acids is 10. The number of nitro groups is 2. The van der Waals surface area contributed by atoms with Crippen LogP contribution in [0.5, 0.6) is 0 Å². The maximum atomic E-state index is 14.2. The Morgan fingerprint density at radius 1 is 0.675 bits per heavy atom. The number of morpholine rings is 2. The number of hydrogen-bond donors (Lipinski definition) is 9. The van der Waals surface area contributed by atoms with E-state index in [2.05, 4.69) is 36.9 Å². The monoisotopic (exact) mass is 1750 g/mol. The topological polar surface area (TPSA) is 501 Å². The summed E-state index contributed by atoms with van der Waals surface area (Å²) in [5, 5.41) is 68.4. The molecule has 38 nitrogen and oxygen atoms in total. The predicted molar refractivity (Wildman–Crippen MR) is 458 cm³/mol. The van der Waals surface area contributed by atoms with Crippen LogP contribution in [0, 0.1) is 45.9 Å². The zero-order chi connectivity index (χ0) is 92.8. The van der Waals surface area contributed by atoms with E-state index >= 15 is 0 Å². The highest BCUT2D eigenvalue weighted by Crippen LogP contribution is 2.32. The van der Waals surface area contributed by atoms with E-state index in [1.807, 2.05) is 68.4 Å². The highest BCUT2D eigenvalue weighted by molar-refractivity contribution is 6.07. The molecule has 126 heavy (non-hydrogen) atoms. The van der Waals surface area contributed by atoms with Gasteiger partial charge in [-0.2, -0.15) is 0 Å². The van der Waals surface area contributed by atoms with Crippen molar-refractivity contribution in [2.45, 2.75) is 214 Å². The summed E-state index contributed by atoms with van der Waals surface area (Å²) in [4.78, 5) is 177. The van der Waals surface area contributed by atoms with E-state index in [0.29, 0.717) is 72.3 Å². The van der Waals surface area contributed by atoms with Gasteiger partial charge in [0.15, 0.2) is 6.10 Å². The molecule has 6 aromatic rings. The number of hydrazine groups is 2. The number of pyridine rings is 2. The molecule has 4 fully saturated rings. The highest BCUT2D eigenvalue weighted by atomic mass is 16.6. The molecule has 3 unspecified atom stereocenters. The number of rotatable bonds is 16. The first-order valence-corrected chi connectivity index (χ1v) is 41.5. The molecule has 11 rings (SSSR count). The zero-order valence-corrected chi connectivity index (χ0v) is 73.4. The normalized spacial score (nSPS) is 22.2. The predicted octanol–water partition coefficient (Wildman–Crippen LogP) is 8.45.